The van der Waals surface area contributed by atoms with Gasteiger partial charge in [-0.15, -0.1) is 11.3 Å². The van der Waals surface area contributed by atoms with Gasteiger partial charge in [-0.25, -0.2) is 4.79 Å². The van der Waals surface area contributed by atoms with Gasteiger partial charge in [0, 0.05) is 5.69 Å². The van der Waals surface area contributed by atoms with Gasteiger partial charge in [0.25, 0.3) is 11.8 Å². The molecule has 0 saturated carbocycles. The highest BCUT2D eigenvalue weighted by atomic mass is 32.1. The van der Waals surface area contributed by atoms with Crippen molar-refractivity contribution < 1.29 is 19.1 Å². The molecular formula is C21H26N2O4S. The summed E-state index contributed by atoms with van der Waals surface area (Å²) in [6, 6.07) is 8.42. The highest BCUT2D eigenvalue weighted by Crippen LogP contribution is 2.21. The lowest BCUT2D eigenvalue weighted by Crippen LogP contribution is -2.45. The number of carbonyl (C=O) groups is 3. The third kappa shape index (κ3) is 5.66. The predicted octanol–water partition coefficient (Wildman–Crippen LogP) is 3.56. The van der Waals surface area contributed by atoms with E-state index in [9.17, 15) is 14.4 Å². The Morgan fingerprint density at radius 2 is 1.89 bits per heavy atom. The highest BCUT2D eigenvalue weighted by molar-refractivity contribution is 7.12. The van der Waals surface area contributed by atoms with Crippen molar-refractivity contribution in [2.24, 2.45) is 5.92 Å². The molecule has 1 atom stereocenters. The Kier molecular flexibility index (Phi) is 7.75. The van der Waals surface area contributed by atoms with Crippen LogP contribution in [0.4, 0.5) is 5.69 Å². The number of hydrogen-bond donors (Lipinski definition) is 2. The van der Waals surface area contributed by atoms with Crippen LogP contribution in [0, 0.1) is 12.8 Å². The Labute approximate surface area is 169 Å². The van der Waals surface area contributed by atoms with Gasteiger partial charge in [0.1, 0.15) is 6.04 Å². The molecular weight excluding hydrogens is 376 g/mol. The second-order valence-electron chi connectivity index (χ2n) is 6.79. The molecule has 2 N–H and O–H groups in total. The van der Waals surface area contributed by atoms with Crippen LogP contribution in [0.1, 0.15) is 41.6 Å². The number of esters is 1. The minimum Gasteiger partial charge on any atom is -0.454 e. The molecule has 0 aliphatic heterocycles. The van der Waals surface area contributed by atoms with E-state index in [4.69, 9.17) is 4.74 Å². The molecule has 0 saturated heterocycles. The zero-order valence-corrected chi connectivity index (χ0v) is 17.4. The summed E-state index contributed by atoms with van der Waals surface area (Å²) in [4.78, 5) is 37.4. The second kappa shape index (κ2) is 10.0. The van der Waals surface area contributed by atoms with E-state index in [0.717, 1.165) is 23.2 Å². The van der Waals surface area contributed by atoms with E-state index >= 15 is 0 Å². The number of rotatable bonds is 8. The molecule has 150 valence electrons. The zero-order chi connectivity index (χ0) is 20.7. The van der Waals surface area contributed by atoms with E-state index in [-0.39, 0.29) is 11.8 Å². The summed E-state index contributed by atoms with van der Waals surface area (Å²) in [5, 5.41) is 7.29. The van der Waals surface area contributed by atoms with Crippen LogP contribution < -0.4 is 10.6 Å². The van der Waals surface area contributed by atoms with E-state index in [1.54, 1.807) is 17.5 Å². The molecule has 2 amide bonds. The number of anilines is 1. The molecule has 0 unspecified atom stereocenters. The summed E-state index contributed by atoms with van der Waals surface area (Å²) in [6.45, 7) is 7.13. The van der Waals surface area contributed by atoms with E-state index in [0.29, 0.717) is 4.88 Å². The molecule has 0 aliphatic carbocycles. The van der Waals surface area contributed by atoms with Gasteiger partial charge in [0.15, 0.2) is 6.61 Å². The minimum absolute atomic E-state index is 0.178. The quantitative estimate of drug-likeness (QED) is 0.661. The first-order valence-electron chi connectivity index (χ1n) is 9.22. The van der Waals surface area contributed by atoms with Crippen molar-refractivity contribution in [1.29, 1.82) is 0 Å². The molecule has 0 bridgehead atoms. The molecule has 0 fully saturated rings. The number of benzene rings is 1. The SMILES string of the molecule is CCc1cccc(C)c1NC(=O)COC(=O)[C@H](NC(=O)c1cccs1)C(C)C. The van der Waals surface area contributed by atoms with Gasteiger partial charge in [-0.2, -0.15) is 0 Å². The van der Waals surface area contributed by atoms with Gasteiger partial charge in [0.05, 0.1) is 4.88 Å². The summed E-state index contributed by atoms with van der Waals surface area (Å²) in [7, 11) is 0. The van der Waals surface area contributed by atoms with Gasteiger partial charge in [-0.1, -0.05) is 45.0 Å². The average Bonchev–Trinajstić information content (AvgIpc) is 3.20. The lowest BCUT2D eigenvalue weighted by Gasteiger charge is -2.20. The van der Waals surface area contributed by atoms with Crippen LogP contribution in [0.2, 0.25) is 0 Å². The van der Waals surface area contributed by atoms with Crippen molar-refractivity contribution in [1.82, 2.24) is 5.32 Å². The Balaban J connectivity index is 1.95. The van der Waals surface area contributed by atoms with Crippen molar-refractivity contribution in [2.45, 2.75) is 40.2 Å². The summed E-state index contributed by atoms with van der Waals surface area (Å²) < 4.78 is 5.17. The standard InChI is InChI=1S/C21H26N2O4S/c1-5-15-9-6-8-14(4)19(15)22-17(24)12-27-21(26)18(13(2)3)23-20(25)16-10-7-11-28-16/h6-11,13,18H,5,12H2,1-4H3,(H,22,24)(H,23,25)/t18-/m1/s1. The maximum Gasteiger partial charge on any atom is 0.329 e. The fourth-order valence-corrected chi connectivity index (χ4v) is 3.35. The molecule has 1 aromatic carbocycles. The first kappa shape index (κ1) is 21.6. The van der Waals surface area contributed by atoms with E-state index in [2.05, 4.69) is 10.6 Å². The van der Waals surface area contributed by atoms with Crippen molar-refractivity contribution in [2.75, 3.05) is 11.9 Å². The summed E-state index contributed by atoms with van der Waals surface area (Å²) in [5.74, 6) is -1.55. The lowest BCUT2D eigenvalue weighted by molar-refractivity contribution is -0.150. The van der Waals surface area contributed by atoms with Crippen molar-refractivity contribution >= 4 is 34.8 Å². The van der Waals surface area contributed by atoms with E-state index in [1.807, 2.05) is 45.9 Å². The minimum atomic E-state index is -0.827. The number of ether oxygens (including phenoxy) is 1. The Morgan fingerprint density at radius 3 is 2.50 bits per heavy atom. The molecule has 1 heterocycles. The van der Waals surface area contributed by atoms with E-state index in [1.165, 1.54) is 11.3 Å². The normalized spacial score (nSPS) is 11.8. The van der Waals surface area contributed by atoms with Crippen LogP contribution in [0.5, 0.6) is 0 Å². The van der Waals surface area contributed by atoms with Crippen molar-refractivity contribution in [3.63, 3.8) is 0 Å². The number of para-hydroxylation sites is 1. The van der Waals surface area contributed by atoms with Gasteiger partial charge < -0.3 is 15.4 Å². The summed E-state index contributed by atoms with van der Waals surface area (Å²) in [5.41, 5.74) is 2.71. The van der Waals surface area contributed by atoms with E-state index < -0.39 is 24.5 Å². The number of carbonyl (C=O) groups excluding carboxylic acids is 3. The molecule has 2 aromatic rings. The summed E-state index contributed by atoms with van der Waals surface area (Å²) in [6.07, 6.45) is 0.779. The Hall–Kier alpha value is -2.67. The highest BCUT2D eigenvalue weighted by Gasteiger charge is 2.27. The molecule has 0 aliphatic rings. The van der Waals surface area contributed by atoms with Gasteiger partial charge in [-0.05, 0) is 41.8 Å². The molecule has 0 radical (unpaired) electrons. The molecule has 2 rings (SSSR count). The topological polar surface area (TPSA) is 84.5 Å². The number of thiophene rings is 1. The maximum atomic E-state index is 12.4. The molecule has 28 heavy (non-hydrogen) atoms. The number of amides is 2. The third-order valence-electron chi connectivity index (χ3n) is 4.30. The maximum absolute atomic E-state index is 12.4. The van der Waals surface area contributed by atoms with Crippen molar-refractivity contribution in [3.8, 4) is 0 Å². The fourth-order valence-electron chi connectivity index (χ4n) is 2.72. The first-order valence-corrected chi connectivity index (χ1v) is 10.1. The summed E-state index contributed by atoms with van der Waals surface area (Å²) >= 11 is 1.29. The van der Waals surface area contributed by atoms with Crippen LogP contribution >= 0.6 is 11.3 Å². The molecule has 0 spiro atoms. The van der Waals surface area contributed by atoms with Crippen LogP contribution in [0.25, 0.3) is 0 Å². The van der Waals surface area contributed by atoms with Crippen LogP contribution in [0.3, 0.4) is 0 Å². The van der Waals surface area contributed by atoms with Crippen molar-refractivity contribution in [3.05, 3.63) is 51.7 Å². The lowest BCUT2D eigenvalue weighted by atomic mass is 10.0. The fraction of sp³-hybridized carbons (Fsp3) is 0.381. The van der Waals surface area contributed by atoms with Crippen LogP contribution in [-0.2, 0) is 20.7 Å². The zero-order valence-electron chi connectivity index (χ0n) is 16.6. The second-order valence-corrected chi connectivity index (χ2v) is 7.74. The first-order chi connectivity index (χ1) is 13.3. The number of hydrogen-bond acceptors (Lipinski definition) is 5. The molecule has 7 heteroatoms. The number of nitrogens with one attached hydrogen (secondary N) is 2. The predicted molar refractivity (Wildman–Crippen MR) is 111 cm³/mol. The van der Waals surface area contributed by atoms with Gasteiger partial charge >= 0.3 is 5.97 Å². The third-order valence-corrected chi connectivity index (χ3v) is 5.17. The largest absolute Gasteiger partial charge is 0.454 e. The van der Waals surface area contributed by atoms with Crippen LogP contribution in [-0.4, -0.2) is 30.4 Å². The average molecular weight is 403 g/mol. The monoisotopic (exact) mass is 402 g/mol. The Morgan fingerprint density at radius 1 is 1.14 bits per heavy atom. The molecule has 6 nitrogen and oxygen atoms in total. The Bertz CT molecular complexity index is 831. The van der Waals surface area contributed by atoms with Gasteiger partial charge in [-0.3, -0.25) is 9.59 Å². The van der Waals surface area contributed by atoms with Gasteiger partial charge in [0.2, 0.25) is 0 Å². The smallest absolute Gasteiger partial charge is 0.329 e. The molecule has 1 aromatic heterocycles. The number of aryl methyl sites for hydroxylation is 2. The van der Waals surface area contributed by atoms with Crippen LogP contribution in [0.15, 0.2) is 35.7 Å².